The molecule has 0 aliphatic heterocycles. The van der Waals surface area contributed by atoms with Crippen molar-refractivity contribution in [3.63, 3.8) is 0 Å². The first-order valence-electron chi connectivity index (χ1n) is 4.49. The van der Waals surface area contributed by atoms with Crippen LogP contribution in [0.2, 0.25) is 10.0 Å². The van der Waals surface area contributed by atoms with Gasteiger partial charge in [-0.1, -0.05) is 36.2 Å². The van der Waals surface area contributed by atoms with E-state index < -0.39 is 6.10 Å². The summed E-state index contributed by atoms with van der Waals surface area (Å²) in [6, 6.07) is 5.10. The van der Waals surface area contributed by atoms with E-state index in [1.807, 2.05) is 6.92 Å². The summed E-state index contributed by atoms with van der Waals surface area (Å²) >= 11 is 11.7. The van der Waals surface area contributed by atoms with Crippen LogP contribution >= 0.6 is 23.2 Å². The molecule has 0 saturated heterocycles. The lowest BCUT2D eigenvalue weighted by Crippen LogP contribution is -2.21. The van der Waals surface area contributed by atoms with Gasteiger partial charge in [0.2, 0.25) is 0 Å². The van der Waals surface area contributed by atoms with Crippen molar-refractivity contribution in [3.8, 4) is 0 Å². The zero-order valence-corrected chi connectivity index (χ0v) is 9.44. The molecule has 2 nitrogen and oxygen atoms in total. The quantitative estimate of drug-likeness (QED) is 0.839. The second kappa shape index (κ2) is 5.56. The normalized spacial score (nSPS) is 12.9. The summed E-state index contributed by atoms with van der Waals surface area (Å²) < 4.78 is 0. The average molecular weight is 234 g/mol. The summed E-state index contributed by atoms with van der Waals surface area (Å²) in [5, 5.41) is 13.9. The molecule has 0 aliphatic rings. The summed E-state index contributed by atoms with van der Waals surface area (Å²) in [7, 11) is 0. The standard InChI is InChI=1S/C10H13Cl2NO/c1-2-13-6-10(14)8-4-3-7(11)5-9(8)12/h3-5,10,13-14H,2,6H2,1H3. The monoisotopic (exact) mass is 233 g/mol. The molecule has 14 heavy (non-hydrogen) atoms. The van der Waals surface area contributed by atoms with Crippen LogP contribution in [0.1, 0.15) is 18.6 Å². The van der Waals surface area contributed by atoms with E-state index in [1.165, 1.54) is 0 Å². The molecule has 1 rings (SSSR count). The van der Waals surface area contributed by atoms with Crippen molar-refractivity contribution in [1.82, 2.24) is 5.32 Å². The minimum atomic E-state index is -0.584. The smallest absolute Gasteiger partial charge is 0.0928 e. The van der Waals surface area contributed by atoms with Crippen molar-refractivity contribution in [1.29, 1.82) is 0 Å². The van der Waals surface area contributed by atoms with Gasteiger partial charge in [-0.25, -0.2) is 0 Å². The van der Waals surface area contributed by atoms with E-state index in [2.05, 4.69) is 5.32 Å². The molecule has 78 valence electrons. The Kier molecular flexibility index (Phi) is 4.69. The Morgan fingerprint density at radius 1 is 1.43 bits per heavy atom. The molecule has 2 N–H and O–H groups in total. The first-order valence-corrected chi connectivity index (χ1v) is 5.24. The molecular weight excluding hydrogens is 221 g/mol. The van der Waals surface area contributed by atoms with Crippen molar-refractivity contribution in [2.75, 3.05) is 13.1 Å². The number of hydrogen-bond acceptors (Lipinski definition) is 2. The Hall–Kier alpha value is -0.280. The molecular formula is C10H13Cl2NO. The van der Waals surface area contributed by atoms with E-state index >= 15 is 0 Å². The zero-order chi connectivity index (χ0) is 10.6. The number of halogens is 2. The summed E-state index contributed by atoms with van der Waals surface area (Å²) in [4.78, 5) is 0. The molecule has 0 aliphatic carbocycles. The van der Waals surface area contributed by atoms with E-state index in [1.54, 1.807) is 18.2 Å². The summed E-state index contributed by atoms with van der Waals surface area (Å²) in [6.45, 7) is 3.30. The predicted molar refractivity (Wildman–Crippen MR) is 60.0 cm³/mol. The van der Waals surface area contributed by atoms with Crippen LogP contribution in [0.15, 0.2) is 18.2 Å². The van der Waals surface area contributed by atoms with Crippen molar-refractivity contribution in [2.45, 2.75) is 13.0 Å². The van der Waals surface area contributed by atoms with Crippen molar-refractivity contribution < 1.29 is 5.11 Å². The summed E-state index contributed by atoms with van der Waals surface area (Å²) in [6.07, 6.45) is -0.584. The minimum absolute atomic E-state index is 0.498. The number of aliphatic hydroxyl groups is 1. The van der Waals surface area contributed by atoms with Gasteiger partial charge in [0.1, 0.15) is 0 Å². The lowest BCUT2D eigenvalue weighted by atomic mass is 10.1. The maximum atomic E-state index is 9.73. The third kappa shape index (κ3) is 3.14. The second-order valence-corrected chi connectivity index (χ2v) is 3.83. The fourth-order valence-corrected chi connectivity index (χ4v) is 1.70. The van der Waals surface area contributed by atoms with Crippen LogP contribution in [-0.2, 0) is 0 Å². The average Bonchev–Trinajstić information content (AvgIpc) is 2.14. The van der Waals surface area contributed by atoms with E-state index in [9.17, 15) is 5.11 Å². The second-order valence-electron chi connectivity index (χ2n) is 2.99. The lowest BCUT2D eigenvalue weighted by Gasteiger charge is -2.12. The van der Waals surface area contributed by atoms with Crippen LogP contribution in [-0.4, -0.2) is 18.2 Å². The Balaban J connectivity index is 2.74. The highest BCUT2D eigenvalue weighted by Gasteiger charge is 2.10. The number of likely N-dealkylation sites (N-methyl/N-ethyl adjacent to an activating group) is 1. The molecule has 1 unspecified atom stereocenters. The molecule has 1 atom stereocenters. The Bertz CT molecular complexity index is 304. The number of nitrogens with one attached hydrogen (secondary N) is 1. The van der Waals surface area contributed by atoms with E-state index in [0.29, 0.717) is 22.2 Å². The first kappa shape index (κ1) is 11.8. The van der Waals surface area contributed by atoms with Gasteiger partial charge in [-0.2, -0.15) is 0 Å². The topological polar surface area (TPSA) is 32.3 Å². The Morgan fingerprint density at radius 2 is 2.14 bits per heavy atom. The van der Waals surface area contributed by atoms with Crippen LogP contribution in [0, 0.1) is 0 Å². The Labute approximate surface area is 93.8 Å². The number of benzene rings is 1. The van der Waals surface area contributed by atoms with Crippen molar-refractivity contribution in [2.24, 2.45) is 0 Å². The molecule has 0 aromatic heterocycles. The van der Waals surface area contributed by atoms with Gasteiger partial charge in [-0.15, -0.1) is 0 Å². The highest BCUT2D eigenvalue weighted by Crippen LogP contribution is 2.25. The van der Waals surface area contributed by atoms with E-state index in [4.69, 9.17) is 23.2 Å². The molecule has 4 heteroatoms. The summed E-state index contributed by atoms with van der Waals surface area (Å²) in [5.74, 6) is 0. The fraction of sp³-hybridized carbons (Fsp3) is 0.400. The lowest BCUT2D eigenvalue weighted by molar-refractivity contribution is 0.176. The van der Waals surface area contributed by atoms with Crippen molar-refractivity contribution in [3.05, 3.63) is 33.8 Å². The molecule has 0 heterocycles. The molecule has 0 amide bonds. The maximum absolute atomic E-state index is 9.73. The van der Waals surface area contributed by atoms with Gasteiger partial charge >= 0.3 is 0 Å². The van der Waals surface area contributed by atoms with Crippen LogP contribution in [0.5, 0.6) is 0 Å². The molecule has 0 radical (unpaired) electrons. The minimum Gasteiger partial charge on any atom is -0.387 e. The van der Waals surface area contributed by atoms with Crippen LogP contribution < -0.4 is 5.32 Å². The predicted octanol–water partition coefficient (Wildman–Crippen LogP) is 2.64. The number of rotatable bonds is 4. The molecule has 0 bridgehead atoms. The molecule has 1 aromatic carbocycles. The largest absolute Gasteiger partial charge is 0.387 e. The Morgan fingerprint density at radius 3 is 2.71 bits per heavy atom. The highest BCUT2D eigenvalue weighted by atomic mass is 35.5. The van der Waals surface area contributed by atoms with Crippen LogP contribution in [0.25, 0.3) is 0 Å². The van der Waals surface area contributed by atoms with Gasteiger partial charge in [0.25, 0.3) is 0 Å². The van der Waals surface area contributed by atoms with Gasteiger partial charge in [-0.3, -0.25) is 0 Å². The van der Waals surface area contributed by atoms with Gasteiger partial charge in [0.05, 0.1) is 6.10 Å². The molecule has 0 fully saturated rings. The van der Waals surface area contributed by atoms with E-state index in [0.717, 1.165) is 6.54 Å². The maximum Gasteiger partial charge on any atom is 0.0928 e. The van der Waals surface area contributed by atoms with Gasteiger partial charge < -0.3 is 10.4 Å². The summed E-state index contributed by atoms with van der Waals surface area (Å²) in [5.41, 5.74) is 0.706. The first-order chi connectivity index (χ1) is 6.65. The number of hydrogen-bond donors (Lipinski definition) is 2. The van der Waals surface area contributed by atoms with E-state index in [-0.39, 0.29) is 0 Å². The van der Waals surface area contributed by atoms with Crippen LogP contribution in [0.4, 0.5) is 0 Å². The highest BCUT2D eigenvalue weighted by molar-refractivity contribution is 6.35. The fourth-order valence-electron chi connectivity index (χ4n) is 1.16. The zero-order valence-electron chi connectivity index (χ0n) is 7.93. The van der Waals surface area contributed by atoms with Crippen molar-refractivity contribution >= 4 is 23.2 Å². The van der Waals surface area contributed by atoms with Crippen LogP contribution in [0.3, 0.4) is 0 Å². The number of aliphatic hydroxyl groups excluding tert-OH is 1. The molecule has 1 aromatic rings. The SMILES string of the molecule is CCNCC(O)c1ccc(Cl)cc1Cl. The third-order valence-corrected chi connectivity index (χ3v) is 2.47. The molecule has 0 spiro atoms. The molecule has 0 saturated carbocycles. The third-order valence-electron chi connectivity index (χ3n) is 1.91. The van der Waals surface area contributed by atoms with Gasteiger partial charge in [-0.05, 0) is 18.7 Å². The van der Waals surface area contributed by atoms with Gasteiger partial charge in [0, 0.05) is 22.2 Å². The van der Waals surface area contributed by atoms with Gasteiger partial charge in [0.15, 0.2) is 0 Å².